The molecule has 7 aromatic carbocycles. The van der Waals surface area contributed by atoms with Gasteiger partial charge in [0.1, 0.15) is 0 Å². The van der Waals surface area contributed by atoms with Gasteiger partial charge < -0.3 is 0 Å². The number of fused-ring (bicyclic) bond motifs is 5. The molecule has 1 spiro atoms. The van der Waals surface area contributed by atoms with Gasteiger partial charge in [-0.25, -0.2) is 19.8 Å². The van der Waals surface area contributed by atoms with Crippen molar-refractivity contribution >= 4 is 5.69 Å². The maximum absolute atomic E-state index is 7.63. The maximum Gasteiger partial charge on any atom is 0.187 e. The highest BCUT2D eigenvalue weighted by molar-refractivity contribution is 5.86. The van der Waals surface area contributed by atoms with Crippen LogP contribution < -0.4 is 0 Å². The first kappa shape index (κ1) is 33.6. The topological polar surface area (TPSA) is 43.0 Å². The molecular weight excluding hydrogens is 681 g/mol. The quantitative estimate of drug-likeness (QED) is 0.161. The van der Waals surface area contributed by atoms with E-state index < -0.39 is 0 Å². The standard InChI is InChI=1S/C52H38N4/c1-53-44-26-28-47-46(34-44)45-27-25-42(33-48(45)52(47)29-9-4-10-30-52)36-23-21-35(22-24-36)39-17-11-18-40(31-39)41-19-12-20-43(32-41)51-55-49(37-13-5-2-6-14-37)54-50(56-51)38-15-7-3-8-16-38/h2-3,5-8,11-28,31-34H,4,9-10,29-30H2. The fraction of sp³-hybridized carbons (Fsp3) is 0.115. The van der Waals surface area contributed by atoms with E-state index in [9.17, 15) is 0 Å². The minimum absolute atomic E-state index is 0.0507. The highest BCUT2D eigenvalue weighted by Gasteiger charge is 2.43. The number of hydrogen-bond acceptors (Lipinski definition) is 3. The van der Waals surface area contributed by atoms with Crippen molar-refractivity contribution in [1.29, 1.82) is 0 Å². The van der Waals surface area contributed by atoms with Gasteiger partial charge in [-0.15, -0.1) is 0 Å². The van der Waals surface area contributed by atoms with Gasteiger partial charge in [0.15, 0.2) is 23.2 Å². The fourth-order valence-corrected chi connectivity index (χ4v) is 8.94. The van der Waals surface area contributed by atoms with Crippen LogP contribution in [0.1, 0.15) is 43.2 Å². The monoisotopic (exact) mass is 718 g/mol. The third-order valence-electron chi connectivity index (χ3n) is 11.7. The summed E-state index contributed by atoms with van der Waals surface area (Å²) in [6, 6.07) is 59.8. The Kier molecular flexibility index (Phi) is 8.42. The molecule has 0 radical (unpaired) electrons. The van der Waals surface area contributed by atoms with Crippen molar-refractivity contribution in [2.75, 3.05) is 0 Å². The summed E-state index contributed by atoms with van der Waals surface area (Å²) in [7, 11) is 0. The van der Waals surface area contributed by atoms with Crippen molar-refractivity contribution in [1.82, 2.24) is 15.0 Å². The summed E-state index contributed by atoms with van der Waals surface area (Å²) in [5.41, 5.74) is 16.1. The van der Waals surface area contributed by atoms with E-state index in [1.165, 1.54) is 76.6 Å². The van der Waals surface area contributed by atoms with Crippen molar-refractivity contribution in [3.63, 3.8) is 0 Å². The van der Waals surface area contributed by atoms with Crippen LogP contribution in [0.5, 0.6) is 0 Å². The highest BCUT2D eigenvalue weighted by atomic mass is 15.0. The van der Waals surface area contributed by atoms with Gasteiger partial charge in [0.25, 0.3) is 0 Å². The van der Waals surface area contributed by atoms with E-state index >= 15 is 0 Å². The van der Waals surface area contributed by atoms with Gasteiger partial charge in [-0.2, -0.15) is 0 Å². The Bertz CT molecular complexity index is 2720. The van der Waals surface area contributed by atoms with Crippen LogP contribution in [0, 0.1) is 6.57 Å². The van der Waals surface area contributed by atoms with E-state index in [0.717, 1.165) is 33.5 Å². The molecule has 2 aliphatic rings. The fourth-order valence-electron chi connectivity index (χ4n) is 8.94. The summed E-state index contributed by atoms with van der Waals surface area (Å²) in [6.07, 6.45) is 6.13. The van der Waals surface area contributed by atoms with E-state index in [-0.39, 0.29) is 5.41 Å². The lowest BCUT2D eigenvalue weighted by Gasteiger charge is -2.36. The highest BCUT2D eigenvalue weighted by Crippen LogP contribution is 2.57. The Morgan fingerprint density at radius 3 is 1.45 bits per heavy atom. The van der Waals surface area contributed by atoms with Crippen LogP contribution in [0.2, 0.25) is 0 Å². The smallest absolute Gasteiger partial charge is 0.187 e. The van der Waals surface area contributed by atoms with Gasteiger partial charge in [-0.1, -0.05) is 165 Å². The van der Waals surface area contributed by atoms with Crippen molar-refractivity contribution in [3.05, 3.63) is 192 Å². The average Bonchev–Trinajstić information content (AvgIpc) is 3.54. The third kappa shape index (κ3) is 5.99. The second kappa shape index (κ2) is 14.0. The van der Waals surface area contributed by atoms with E-state index in [4.69, 9.17) is 21.5 Å². The van der Waals surface area contributed by atoms with Crippen LogP contribution in [0.3, 0.4) is 0 Å². The molecule has 4 heteroatoms. The summed E-state index contributed by atoms with van der Waals surface area (Å²) in [5, 5.41) is 0. The van der Waals surface area contributed by atoms with Crippen LogP contribution in [0.25, 0.3) is 83.5 Å². The molecule has 0 N–H and O–H groups in total. The van der Waals surface area contributed by atoms with Gasteiger partial charge in [0, 0.05) is 22.1 Å². The predicted molar refractivity (Wildman–Crippen MR) is 228 cm³/mol. The molecule has 0 aliphatic heterocycles. The minimum Gasteiger partial charge on any atom is -0.238 e. The molecule has 8 aromatic rings. The molecule has 266 valence electrons. The van der Waals surface area contributed by atoms with Crippen LogP contribution in [-0.2, 0) is 5.41 Å². The average molecular weight is 719 g/mol. The maximum atomic E-state index is 7.63. The zero-order valence-corrected chi connectivity index (χ0v) is 31.0. The Labute approximate surface area is 328 Å². The number of benzene rings is 7. The molecule has 1 aromatic heterocycles. The van der Waals surface area contributed by atoms with Gasteiger partial charge in [0.2, 0.25) is 0 Å². The van der Waals surface area contributed by atoms with Crippen LogP contribution in [0.4, 0.5) is 5.69 Å². The molecule has 0 bridgehead atoms. The molecule has 0 saturated heterocycles. The molecule has 1 fully saturated rings. The molecule has 1 heterocycles. The van der Waals surface area contributed by atoms with Gasteiger partial charge in [-0.3, -0.25) is 0 Å². The first-order chi connectivity index (χ1) is 27.6. The van der Waals surface area contributed by atoms with Gasteiger partial charge in [-0.05, 0) is 92.7 Å². The predicted octanol–water partition coefficient (Wildman–Crippen LogP) is 13.7. The van der Waals surface area contributed by atoms with Crippen LogP contribution in [-0.4, -0.2) is 15.0 Å². The summed E-state index contributed by atoms with van der Waals surface area (Å²) in [5.74, 6) is 1.95. The summed E-state index contributed by atoms with van der Waals surface area (Å²) >= 11 is 0. The number of rotatable bonds is 6. The first-order valence-electron chi connectivity index (χ1n) is 19.5. The van der Waals surface area contributed by atoms with Crippen molar-refractivity contribution in [2.24, 2.45) is 0 Å². The Balaban J connectivity index is 0.959. The number of nitrogens with zero attached hydrogens (tertiary/aromatic N) is 4. The van der Waals surface area contributed by atoms with Crippen molar-refractivity contribution in [3.8, 4) is 78.7 Å². The molecule has 2 aliphatic carbocycles. The lowest BCUT2D eigenvalue weighted by atomic mass is 9.67. The van der Waals surface area contributed by atoms with E-state index in [1.807, 2.05) is 66.7 Å². The van der Waals surface area contributed by atoms with Crippen molar-refractivity contribution < 1.29 is 0 Å². The third-order valence-corrected chi connectivity index (χ3v) is 11.7. The Morgan fingerprint density at radius 2 is 0.857 bits per heavy atom. The molecule has 56 heavy (non-hydrogen) atoms. The van der Waals surface area contributed by atoms with Crippen molar-refractivity contribution in [2.45, 2.75) is 37.5 Å². The van der Waals surface area contributed by atoms with Crippen LogP contribution >= 0.6 is 0 Å². The minimum atomic E-state index is 0.0507. The lowest BCUT2D eigenvalue weighted by molar-refractivity contribution is 0.353. The molecule has 1 saturated carbocycles. The molecular formula is C52H38N4. The Hall–Kier alpha value is -6.96. The van der Waals surface area contributed by atoms with Crippen LogP contribution in [0.15, 0.2) is 170 Å². The molecule has 0 unspecified atom stereocenters. The second-order valence-electron chi connectivity index (χ2n) is 15.0. The van der Waals surface area contributed by atoms with Gasteiger partial charge >= 0.3 is 0 Å². The molecule has 0 atom stereocenters. The first-order valence-corrected chi connectivity index (χ1v) is 19.5. The van der Waals surface area contributed by atoms with E-state index in [0.29, 0.717) is 17.5 Å². The largest absolute Gasteiger partial charge is 0.238 e. The summed E-state index contributed by atoms with van der Waals surface area (Å²) < 4.78 is 0. The summed E-state index contributed by atoms with van der Waals surface area (Å²) in [4.78, 5) is 18.6. The van der Waals surface area contributed by atoms with Gasteiger partial charge in [0.05, 0.1) is 6.57 Å². The molecule has 10 rings (SSSR count). The molecule has 0 amide bonds. The number of aromatic nitrogens is 3. The lowest BCUT2D eigenvalue weighted by Crippen LogP contribution is -2.28. The Morgan fingerprint density at radius 1 is 0.375 bits per heavy atom. The summed E-state index contributed by atoms with van der Waals surface area (Å²) in [6.45, 7) is 7.63. The molecule has 4 nitrogen and oxygen atoms in total. The number of hydrogen-bond donors (Lipinski definition) is 0. The normalized spacial score (nSPS) is 13.8. The van der Waals surface area contributed by atoms with E-state index in [2.05, 4.69) is 108 Å². The zero-order chi connectivity index (χ0) is 37.5. The van der Waals surface area contributed by atoms with E-state index in [1.54, 1.807) is 0 Å². The second-order valence-corrected chi connectivity index (χ2v) is 15.0. The zero-order valence-electron chi connectivity index (χ0n) is 31.0. The SMILES string of the molecule is [C-]#[N+]c1ccc2c(c1)-c1ccc(-c3ccc(-c4cccc(-c5cccc(-c6nc(-c7ccccc7)nc(-c7ccccc7)n6)c5)c4)cc3)cc1C21CCCCC1.